The van der Waals surface area contributed by atoms with E-state index in [0.717, 1.165) is 44.9 Å². The number of hydrogen-bond acceptors (Lipinski definition) is 18. The maximum absolute atomic E-state index is 13.5. The molecule has 19 heteroatoms. The number of amides is 1. The standard InChI is InChI=1S/C78H149NO18/c1-3-5-7-9-11-13-15-17-19-21-23-25-26-27-28-29-30-31-32-33-34-36-37-39-41-43-45-47-49-51-53-55-62(83)61(79-66(84)56-54-52-50-48-46-44-42-40-38-35-24-22-20-18-16-14-12-10-8-6-4-2)60-92-76-72(90)69(87)74(64(58-81)94-76)97-78-73(91)70(88)75(65(59-82)95-78)96-77-71(89)68(86)67(85)63(57-80)93-77/h53,55,61-65,67-78,80-83,85-91H,3-52,54,56-60H2,1-2H3,(H,79,84)/b55-53+. The van der Waals surface area contributed by atoms with Gasteiger partial charge in [0.2, 0.25) is 5.91 Å². The number of nitrogens with one attached hydrogen (secondary N) is 1. The first-order valence-corrected chi connectivity index (χ1v) is 40.4. The lowest BCUT2D eigenvalue weighted by atomic mass is 9.96. The Bertz CT molecular complexity index is 1800. The number of unbranched alkanes of at least 4 members (excludes halogenated alkanes) is 49. The Morgan fingerprint density at radius 2 is 0.639 bits per heavy atom. The highest BCUT2D eigenvalue weighted by Gasteiger charge is 2.54. The highest BCUT2D eigenvalue weighted by atomic mass is 16.8. The predicted octanol–water partition coefficient (Wildman–Crippen LogP) is 13.2. The summed E-state index contributed by atoms with van der Waals surface area (Å²) in [5.41, 5.74) is 0. The van der Waals surface area contributed by atoms with Crippen molar-refractivity contribution in [2.24, 2.45) is 0 Å². The monoisotopic (exact) mass is 1390 g/mol. The molecule has 97 heavy (non-hydrogen) atoms. The fraction of sp³-hybridized carbons (Fsp3) is 0.962. The molecule has 3 aliphatic heterocycles. The highest BCUT2D eigenvalue weighted by molar-refractivity contribution is 5.76. The molecule has 0 bridgehead atoms. The third-order valence-electron chi connectivity index (χ3n) is 20.6. The summed E-state index contributed by atoms with van der Waals surface area (Å²) in [6.07, 6.45) is 43.5. The van der Waals surface area contributed by atoms with Crippen LogP contribution in [0.5, 0.6) is 0 Å². The first kappa shape index (κ1) is 89.7. The SMILES string of the molecule is CCCCCCCCCCCCCCCCCCCCCCCCCCCCCCC/C=C/C(O)C(COC1OC(CO)C(OC2OC(CO)C(OC3OC(CO)C(O)C(O)C3O)C(O)C2O)C(O)C1O)NC(=O)CCCCCCCCCCCCCCCCCCCCCCC. The third kappa shape index (κ3) is 40.4. The minimum Gasteiger partial charge on any atom is -0.394 e. The van der Waals surface area contributed by atoms with Crippen LogP contribution < -0.4 is 5.32 Å². The summed E-state index contributed by atoms with van der Waals surface area (Å²) < 4.78 is 34.5. The fourth-order valence-corrected chi connectivity index (χ4v) is 14.1. The Hall–Kier alpha value is -1.47. The van der Waals surface area contributed by atoms with Gasteiger partial charge in [-0.1, -0.05) is 334 Å². The van der Waals surface area contributed by atoms with E-state index in [2.05, 4.69) is 19.2 Å². The molecule has 1 amide bonds. The van der Waals surface area contributed by atoms with E-state index >= 15 is 0 Å². The lowest BCUT2D eigenvalue weighted by molar-refractivity contribution is -0.379. The van der Waals surface area contributed by atoms with E-state index in [9.17, 15) is 61.0 Å². The van der Waals surface area contributed by atoms with Gasteiger partial charge in [0.15, 0.2) is 18.9 Å². The second kappa shape index (κ2) is 59.9. The van der Waals surface area contributed by atoms with Crippen molar-refractivity contribution in [3.63, 3.8) is 0 Å². The molecular weight excluding hydrogens is 1240 g/mol. The van der Waals surface area contributed by atoms with E-state index in [0.29, 0.717) is 6.42 Å². The Morgan fingerprint density at radius 1 is 0.361 bits per heavy atom. The van der Waals surface area contributed by atoms with Crippen molar-refractivity contribution < 1.29 is 89.4 Å². The molecule has 17 atom stereocenters. The number of carbonyl (C=O) groups is 1. The number of ether oxygens (including phenoxy) is 6. The van der Waals surface area contributed by atoms with Gasteiger partial charge in [-0.05, 0) is 19.3 Å². The minimum absolute atomic E-state index is 0.250. The zero-order valence-corrected chi connectivity index (χ0v) is 61.3. The number of aliphatic hydroxyl groups excluding tert-OH is 11. The maximum atomic E-state index is 13.5. The van der Waals surface area contributed by atoms with Crippen LogP contribution in [0.4, 0.5) is 0 Å². The zero-order valence-electron chi connectivity index (χ0n) is 61.3. The van der Waals surface area contributed by atoms with Crippen molar-refractivity contribution in [3.05, 3.63) is 12.2 Å². The lowest BCUT2D eigenvalue weighted by Crippen LogP contribution is -2.66. The second-order valence-corrected chi connectivity index (χ2v) is 29.2. The van der Waals surface area contributed by atoms with E-state index in [-0.39, 0.29) is 18.9 Å². The van der Waals surface area contributed by atoms with E-state index in [1.807, 2.05) is 6.08 Å². The fourth-order valence-electron chi connectivity index (χ4n) is 14.1. The molecule has 17 unspecified atom stereocenters. The zero-order chi connectivity index (χ0) is 70.4. The molecule has 3 aliphatic rings. The smallest absolute Gasteiger partial charge is 0.220 e. The average Bonchev–Trinajstić information content (AvgIpc) is 0.795. The average molecular weight is 1390 g/mol. The van der Waals surface area contributed by atoms with Crippen molar-refractivity contribution in [2.45, 2.75) is 452 Å². The molecule has 19 nitrogen and oxygen atoms in total. The molecule has 0 aromatic heterocycles. The van der Waals surface area contributed by atoms with Crippen LogP contribution in [0.15, 0.2) is 12.2 Å². The largest absolute Gasteiger partial charge is 0.394 e. The first-order valence-electron chi connectivity index (χ1n) is 40.4. The van der Waals surface area contributed by atoms with Gasteiger partial charge in [-0.25, -0.2) is 0 Å². The van der Waals surface area contributed by atoms with Crippen LogP contribution in [-0.2, 0) is 33.2 Å². The number of carbonyl (C=O) groups excluding carboxylic acids is 1. The third-order valence-corrected chi connectivity index (χ3v) is 20.6. The van der Waals surface area contributed by atoms with Crippen molar-refractivity contribution in [1.29, 1.82) is 0 Å². The van der Waals surface area contributed by atoms with Gasteiger partial charge in [-0.2, -0.15) is 0 Å². The summed E-state index contributed by atoms with van der Waals surface area (Å²) in [6, 6.07) is -0.970. The number of allylic oxidation sites excluding steroid dienone is 1. The second-order valence-electron chi connectivity index (χ2n) is 29.2. The Kier molecular flexibility index (Phi) is 55.4. The van der Waals surface area contributed by atoms with Crippen molar-refractivity contribution in [1.82, 2.24) is 5.32 Å². The van der Waals surface area contributed by atoms with Crippen molar-refractivity contribution in [3.8, 4) is 0 Å². The van der Waals surface area contributed by atoms with Gasteiger partial charge in [-0.15, -0.1) is 0 Å². The van der Waals surface area contributed by atoms with Crippen LogP contribution in [0.1, 0.15) is 348 Å². The van der Waals surface area contributed by atoms with Crippen LogP contribution in [0.2, 0.25) is 0 Å². The predicted molar refractivity (Wildman–Crippen MR) is 383 cm³/mol. The van der Waals surface area contributed by atoms with Crippen LogP contribution in [-0.4, -0.2) is 193 Å². The van der Waals surface area contributed by atoms with Gasteiger partial charge in [-0.3, -0.25) is 4.79 Å². The quantitative estimate of drug-likeness (QED) is 0.0199. The molecule has 0 aromatic carbocycles. The Morgan fingerprint density at radius 3 is 0.969 bits per heavy atom. The van der Waals surface area contributed by atoms with E-state index < -0.39 is 124 Å². The summed E-state index contributed by atoms with van der Waals surface area (Å²) in [7, 11) is 0. The van der Waals surface area contributed by atoms with Gasteiger partial charge in [0.1, 0.15) is 73.2 Å². The van der Waals surface area contributed by atoms with Gasteiger partial charge in [0.05, 0.1) is 38.6 Å². The van der Waals surface area contributed by atoms with E-state index in [4.69, 9.17) is 28.4 Å². The maximum Gasteiger partial charge on any atom is 0.220 e. The molecule has 3 rings (SSSR count). The minimum atomic E-state index is -1.98. The molecule has 0 spiro atoms. The highest BCUT2D eigenvalue weighted by Crippen LogP contribution is 2.33. The Balaban J connectivity index is 1.37. The van der Waals surface area contributed by atoms with Gasteiger partial charge in [0.25, 0.3) is 0 Å². The topological polar surface area (TPSA) is 307 Å². The normalized spacial score (nSPS) is 26.9. The van der Waals surface area contributed by atoms with Gasteiger partial charge < -0.3 is 89.9 Å². The van der Waals surface area contributed by atoms with E-state index in [1.165, 1.54) is 276 Å². The van der Waals surface area contributed by atoms with Gasteiger partial charge in [0, 0.05) is 6.42 Å². The number of hydrogen-bond donors (Lipinski definition) is 12. The molecule has 3 fully saturated rings. The first-order chi connectivity index (χ1) is 47.3. The molecule has 3 saturated heterocycles. The molecule has 574 valence electrons. The van der Waals surface area contributed by atoms with Crippen LogP contribution in [0.25, 0.3) is 0 Å². The molecular formula is C78H149NO18. The van der Waals surface area contributed by atoms with Gasteiger partial charge >= 0.3 is 0 Å². The summed E-state index contributed by atoms with van der Waals surface area (Å²) in [6.45, 7) is 1.80. The molecule has 0 radical (unpaired) electrons. The number of rotatable bonds is 65. The Labute approximate surface area is 588 Å². The van der Waals surface area contributed by atoms with Crippen LogP contribution >= 0.6 is 0 Å². The van der Waals surface area contributed by atoms with Crippen molar-refractivity contribution in [2.75, 3.05) is 26.4 Å². The van der Waals surface area contributed by atoms with Crippen LogP contribution in [0.3, 0.4) is 0 Å². The molecule has 12 N–H and O–H groups in total. The van der Waals surface area contributed by atoms with Crippen molar-refractivity contribution >= 4 is 5.91 Å². The summed E-state index contributed by atoms with van der Waals surface area (Å²) in [5.74, 6) is -0.267. The van der Waals surface area contributed by atoms with E-state index in [1.54, 1.807) is 6.08 Å². The van der Waals surface area contributed by atoms with Crippen LogP contribution in [0, 0.1) is 0 Å². The summed E-state index contributed by atoms with van der Waals surface area (Å²) in [4.78, 5) is 13.5. The molecule has 0 aromatic rings. The molecule has 0 saturated carbocycles. The summed E-state index contributed by atoms with van der Waals surface area (Å²) >= 11 is 0. The lowest BCUT2D eigenvalue weighted by Gasteiger charge is -2.48. The number of aliphatic hydroxyl groups is 11. The molecule has 3 heterocycles. The molecule has 0 aliphatic carbocycles. The summed E-state index contributed by atoms with van der Waals surface area (Å²) in [5, 5.41) is 121.